The van der Waals surface area contributed by atoms with Crippen LogP contribution in [0, 0.1) is 0 Å². The summed E-state index contributed by atoms with van der Waals surface area (Å²) in [5.74, 6) is 1.86. The van der Waals surface area contributed by atoms with E-state index in [0.29, 0.717) is 17.2 Å². The summed E-state index contributed by atoms with van der Waals surface area (Å²) >= 11 is 0. The van der Waals surface area contributed by atoms with Crippen molar-refractivity contribution in [3.8, 4) is 17.2 Å². The molecule has 0 saturated heterocycles. The van der Waals surface area contributed by atoms with E-state index in [-0.39, 0.29) is 31.5 Å². The molecule has 7 heteroatoms. The molecule has 0 aliphatic carbocycles. The Balaban J connectivity index is 2.08. The molecule has 0 fully saturated rings. The van der Waals surface area contributed by atoms with Crippen molar-refractivity contribution in [2.75, 3.05) is 24.9 Å². The van der Waals surface area contributed by atoms with E-state index in [1.165, 1.54) is 0 Å². The van der Waals surface area contributed by atoms with Crippen LogP contribution in [0.4, 0.5) is 0 Å². The number of hydrogen-bond acceptors (Lipinski definition) is 6. The van der Waals surface area contributed by atoms with Gasteiger partial charge in [-0.05, 0) is 6.07 Å². The highest BCUT2D eigenvalue weighted by atomic mass is 32.2. The van der Waals surface area contributed by atoms with Crippen molar-refractivity contribution < 1.29 is 22.6 Å². The zero-order valence-electron chi connectivity index (χ0n) is 10.7. The number of rotatable bonds is 6. The quantitative estimate of drug-likeness (QED) is 0.828. The van der Waals surface area contributed by atoms with Gasteiger partial charge in [0, 0.05) is 23.9 Å². The van der Waals surface area contributed by atoms with Crippen molar-refractivity contribution in [1.82, 2.24) is 0 Å². The van der Waals surface area contributed by atoms with Gasteiger partial charge in [-0.1, -0.05) is 6.92 Å². The molecule has 0 radical (unpaired) electrons. The van der Waals surface area contributed by atoms with Crippen LogP contribution in [0.25, 0.3) is 0 Å². The largest absolute Gasteiger partial charge is 0.492 e. The lowest BCUT2D eigenvalue weighted by molar-refractivity contribution is 0.173. The van der Waals surface area contributed by atoms with Crippen molar-refractivity contribution in [1.29, 1.82) is 0 Å². The van der Waals surface area contributed by atoms with Gasteiger partial charge in [-0.15, -0.1) is 0 Å². The molecule has 2 rings (SSSR count). The molecule has 1 heterocycles. The molecule has 1 aliphatic rings. The number of ether oxygens (including phenoxy) is 3. The minimum Gasteiger partial charge on any atom is -0.492 e. The van der Waals surface area contributed by atoms with Gasteiger partial charge >= 0.3 is 0 Å². The molecular weight excluding hydrogens is 270 g/mol. The monoisotopic (exact) mass is 287 g/mol. The third kappa shape index (κ3) is 3.30. The second-order valence-electron chi connectivity index (χ2n) is 4.10. The SMILES string of the molecule is CCS(=O)(=O)CCOc1cc2c(cc1CN)OCO2. The van der Waals surface area contributed by atoms with E-state index in [0.717, 1.165) is 5.56 Å². The van der Waals surface area contributed by atoms with Gasteiger partial charge in [0.05, 0.1) is 5.75 Å². The minimum atomic E-state index is -3.03. The fourth-order valence-corrected chi connectivity index (χ4v) is 2.31. The molecule has 0 aromatic heterocycles. The Bertz CT molecular complexity index is 555. The summed E-state index contributed by atoms with van der Waals surface area (Å²) in [5.41, 5.74) is 6.40. The van der Waals surface area contributed by atoms with Gasteiger partial charge in [0.25, 0.3) is 0 Å². The number of nitrogens with two attached hydrogens (primary N) is 1. The van der Waals surface area contributed by atoms with E-state index in [4.69, 9.17) is 19.9 Å². The summed E-state index contributed by atoms with van der Waals surface area (Å²) in [4.78, 5) is 0. The summed E-state index contributed by atoms with van der Waals surface area (Å²) in [6.07, 6.45) is 0. The van der Waals surface area contributed by atoms with E-state index in [2.05, 4.69) is 0 Å². The van der Waals surface area contributed by atoms with E-state index in [1.807, 2.05) is 0 Å². The summed E-state index contributed by atoms with van der Waals surface area (Å²) in [6.45, 7) is 2.17. The number of fused-ring (bicyclic) bond motifs is 1. The Hall–Kier alpha value is -1.47. The smallest absolute Gasteiger partial charge is 0.231 e. The molecule has 0 atom stereocenters. The fourth-order valence-electron chi connectivity index (χ4n) is 1.68. The number of benzene rings is 1. The summed E-state index contributed by atoms with van der Waals surface area (Å²) in [6, 6.07) is 3.44. The van der Waals surface area contributed by atoms with Crippen molar-refractivity contribution in [3.05, 3.63) is 17.7 Å². The topological polar surface area (TPSA) is 87.9 Å². The average Bonchev–Trinajstić information content (AvgIpc) is 2.84. The van der Waals surface area contributed by atoms with Crippen LogP contribution in [0.3, 0.4) is 0 Å². The normalized spacial score (nSPS) is 13.6. The third-order valence-electron chi connectivity index (χ3n) is 2.87. The van der Waals surface area contributed by atoms with Crippen LogP contribution in [0.1, 0.15) is 12.5 Å². The van der Waals surface area contributed by atoms with Gasteiger partial charge in [0.1, 0.15) is 12.4 Å². The standard InChI is InChI=1S/C12H17NO5S/c1-2-19(14,15)4-3-16-10-6-12-11(17-8-18-12)5-9(10)7-13/h5-6H,2-4,7-8,13H2,1H3. The van der Waals surface area contributed by atoms with Crippen molar-refractivity contribution in [3.63, 3.8) is 0 Å². The van der Waals surface area contributed by atoms with Gasteiger partial charge < -0.3 is 19.9 Å². The molecular formula is C12H17NO5S. The first kappa shape index (κ1) is 14.0. The predicted molar refractivity (Wildman–Crippen MR) is 70.3 cm³/mol. The zero-order valence-corrected chi connectivity index (χ0v) is 11.5. The molecule has 0 spiro atoms. The molecule has 0 saturated carbocycles. The maximum absolute atomic E-state index is 11.4. The molecule has 2 N–H and O–H groups in total. The van der Waals surface area contributed by atoms with E-state index < -0.39 is 9.84 Å². The molecule has 6 nitrogen and oxygen atoms in total. The molecule has 106 valence electrons. The lowest BCUT2D eigenvalue weighted by Gasteiger charge is -2.11. The Labute approximate surface area is 112 Å². The van der Waals surface area contributed by atoms with Crippen LogP contribution < -0.4 is 19.9 Å². The fraction of sp³-hybridized carbons (Fsp3) is 0.500. The number of hydrogen-bond donors (Lipinski definition) is 1. The minimum absolute atomic E-state index is 0.0120. The first-order valence-corrected chi connectivity index (χ1v) is 7.83. The summed E-state index contributed by atoms with van der Waals surface area (Å²) in [7, 11) is -3.03. The summed E-state index contributed by atoms with van der Waals surface area (Å²) in [5, 5.41) is 0. The highest BCUT2D eigenvalue weighted by Crippen LogP contribution is 2.37. The Morgan fingerprint density at radius 1 is 1.32 bits per heavy atom. The first-order valence-electron chi connectivity index (χ1n) is 6.01. The molecule has 19 heavy (non-hydrogen) atoms. The Morgan fingerprint density at radius 2 is 2.00 bits per heavy atom. The molecule has 1 aromatic rings. The van der Waals surface area contributed by atoms with Crippen LogP contribution in [0.5, 0.6) is 17.2 Å². The third-order valence-corrected chi connectivity index (χ3v) is 4.54. The molecule has 0 unspecified atom stereocenters. The van der Waals surface area contributed by atoms with Gasteiger partial charge in [0.2, 0.25) is 6.79 Å². The predicted octanol–water partition coefficient (Wildman–Crippen LogP) is 0.688. The van der Waals surface area contributed by atoms with Crippen LogP contribution in [-0.2, 0) is 16.4 Å². The van der Waals surface area contributed by atoms with Crippen molar-refractivity contribution in [2.24, 2.45) is 5.73 Å². The van der Waals surface area contributed by atoms with E-state index in [9.17, 15) is 8.42 Å². The Morgan fingerprint density at radius 3 is 2.63 bits per heavy atom. The maximum atomic E-state index is 11.4. The Kier molecular flexibility index (Phi) is 4.16. The number of sulfone groups is 1. The van der Waals surface area contributed by atoms with Gasteiger partial charge in [-0.25, -0.2) is 8.42 Å². The van der Waals surface area contributed by atoms with Gasteiger partial charge in [0.15, 0.2) is 21.3 Å². The molecule has 1 aliphatic heterocycles. The average molecular weight is 287 g/mol. The zero-order chi connectivity index (χ0) is 13.9. The lowest BCUT2D eigenvalue weighted by Crippen LogP contribution is -2.16. The van der Waals surface area contributed by atoms with Crippen molar-refractivity contribution in [2.45, 2.75) is 13.5 Å². The van der Waals surface area contributed by atoms with Crippen molar-refractivity contribution >= 4 is 9.84 Å². The molecule has 0 bridgehead atoms. The van der Waals surface area contributed by atoms with Crippen LogP contribution in [0.15, 0.2) is 12.1 Å². The first-order chi connectivity index (χ1) is 9.05. The molecule has 1 aromatic carbocycles. The van der Waals surface area contributed by atoms with Gasteiger partial charge in [-0.2, -0.15) is 0 Å². The van der Waals surface area contributed by atoms with E-state index in [1.54, 1.807) is 19.1 Å². The summed E-state index contributed by atoms with van der Waals surface area (Å²) < 4.78 is 38.7. The van der Waals surface area contributed by atoms with Crippen LogP contribution >= 0.6 is 0 Å². The van der Waals surface area contributed by atoms with E-state index >= 15 is 0 Å². The lowest BCUT2D eigenvalue weighted by atomic mass is 10.2. The highest BCUT2D eigenvalue weighted by molar-refractivity contribution is 7.91. The van der Waals surface area contributed by atoms with Crippen LogP contribution in [-0.4, -0.2) is 33.3 Å². The second kappa shape index (κ2) is 5.66. The van der Waals surface area contributed by atoms with Gasteiger partial charge in [-0.3, -0.25) is 0 Å². The molecule has 0 amide bonds. The van der Waals surface area contributed by atoms with Crippen LogP contribution in [0.2, 0.25) is 0 Å². The maximum Gasteiger partial charge on any atom is 0.231 e. The second-order valence-corrected chi connectivity index (χ2v) is 6.57. The highest BCUT2D eigenvalue weighted by Gasteiger charge is 2.18.